The summed E-state index contributed by atoms with van der Waals surface area (Å²) >= 11 is 0. The predicted octanol–water partition coefficient (Wildman–Crippen LogP) is 3.79. The summed E-state index contributed by atoms with van der Waals surface area (Å²) in [5.74, 6) is 0.641. The summed E-state index contributed by atoms with van der Waals surface area (Å²) in [6.45, 7) is 6.75. The molecule has 2 nitrogen and oxygen atoms in total. The Kier molecular flexibility index (Phi) is 4.40. The molecule has 0 radical (unpaired) electrons. The van der Waals surface area contributed by atoms with Crippen molar-refractivity contribution in [1.82, 2.24) is 0 Å². The highest BCUT2D eigenvalue weighted by Crippen LogP contribution is 2.26. The maximum absolute atomic E-state index is 13.4. The van der Waals surface area contributed by atoms with Crippen molar-refractivity contribution in [3.8, 4) is 5.75 Å². The average molecular weight is 273 g/mol. The lowest BCUT2D eigenvalue weighted by Gasteiger charge is -2.14. The van der Waals surface area contributed by atoms with Gasteiger partial charge >= 0.3 is 0 Å². The van der Waals surface area contributed by atoms with Crippen molar-refractivity contribution in [3.63, 3.8) is 0 Å². The van der Waals surface area contributed by atoms with Crippen molar-refractivity contribution in [2.24, 2.45) is 5.73 Å². The first-order valence-corrected chi connectivity index (χ1v) is 6.70. The molecule has 0 saturated heterocycles. The first kappa shape index (κ1) is 14.5. The molecule has 0 amide bonds. The summed E-state index contributed by atoms with van der Waals surface area (Å²) in [5.41, 5.74) is 10.4. The monoisotopic (exact) mass is 273 g/mol. The standard InChI is InChI=1S/C17H20FNO/c1-11-4-5-12(2)17(13(11)3)20-10-14-6-7-16(18)15(8-14)9-19/h4-8H,9-10,19H2,1-3H3. The third-order valence-corrected chi connectivity index (χ3v) is 3.59. The minimum absolute atomic E-state index is 0.197. The van der Waals surface area contributed by atoms with Gasteiger partial charge in [0.2, 0.25) is 0 Å². The molecular formula is C17H20FNO. The molecule has 0 unspecified atom stereocenters. The molecule has 0 bridgehead atoms. The maximum atomic E-state index is 13.4. The Balaban J connectivity index is 2.19. The van der Waals surface area contributed by atoms with E-state index in [0.717, 1.165) is 22.4 Å². The molecule has 3 heteroatoms. The van der Waals surface area contributed by atoms with E-state index < -0.39 is 0 Å². The van der Waals surface area contributed by atoms with Gasteiger partial charge in [0.1, 0.15) is 18.2 Å². The number of aryl methyl sites for hydroxylation is 2. The molecule has 0 heterocycles. The van der Waals surface area contributed by atoms with Gasteiger partial charge in [0, 0.05) is 12.1 Å². The lowest BCUT2D eigenvalue weighted by Crippen LogP contribution is -2.04. The molecule has 0 aliphatic rings. The molecule has 0 atom stereocenters. The lowest BCUT2D eigenvalue weighted by molar-refractivity contribution is 0.301. The zero-order valence-corrected chi connectivity index (χ0v) is 12.2. The second-order valence-corrected chi connectivity index (χ2v) is 5.07. The highest BCUT2D eigenvalue weighted by atomic mass is 19.1. The summed E-state index contributed by atoms with van der Waals surface area (Å²) in [5, 5.41) is 0. The van der Waals surface area contributed by atoms with E-state index in [1.807, 2.05) is 19.9 Å². The number of rotatable bonds is 4. The maximum Gasteiger partial charge on any atom is 0.127 e. The highest BCUT2D eigenvalue weighted by molar-refractivity contribution is 5.44. The number of halogens is 1. The van der Waals surface area contributed by atoms with Crippen LogP contribution in [-0.2, 0) is 13.2 Å². The van der Waals surface area contributed by atoms with Crippen LogP contribution in [0.25, 0.3) is 0 Å². The van der Waals surface area contributed by atoms with E-state index in [0.29, 0.717) is 12.2 Å². The average Bonchev–Trinajstić information content (AvgIpc) is 2.44. The van der Waals surface area contributed by atoms with E-state index in [-0.39, 0.29) is 12.4 Å². The SMILES string of the molecule is Cc1ccc(C)c(OCc2ccc(F)c(CN)c2)c1C. The first-order valence-electron chi connectivity index (χ1n) is 6.70. The molecule has 0 saturated carbocycles. The minimum atomic E-state index is -0.265. The van der Waals surface area contributed by atoms with Crippen LogP contribution in [0.15, 0.2) is 30.3 Å². The normalized spacial score (nSPS) is 10.7. The van der Waals surface area contributed by atoms with Crippen LogP contribution in [0.4, 0.5) is 4.39 Å². The molecule has 0 spiro atoms. The quantitative estimate of drug-likeness (QED) is 0.920. The van der Waals surface area contributed by atoms with E-state index >= 15 is 0 Å². The fourth-order valence-corrected chi connectivity index (χ4v) is 2.18. The van der Waals surface area contributed by atoms with E-state index in [4.69, 9.17) is 10.5 Å². The van der Waals surface area contributed by atoms with Gasteiger partial charge in [-0.3, -0.25) is 0 Å². The smallest absolute Gasteiger partial charge is 0.127 e. The second-order valence-electron chi connectivity index (χ2n) is 5.07. The molecule has 0 aliphatic heterocycles. The van der Waals surface area contributed by atoms with Crippen molar-refractivity contribution < 1.29 is 9.13 Å². The Hall–Kier alpha value is -1.87. The van der Waals surface area contributed by atoms with Gasteiger partial charge in [0.25, 0.3) is 0 Å². The van der Waals surface area contributed by atoms with Crippen molar-refractivity contribution in [2.45, 2.75) is 33.9 Å². The summed E-state index contributed by atoms with van der Waals surface area (Å²) in [4.78, 5) is 0. The molecule has 20 heavy (non-hydrogen) atoms. The van der Waals surface area contributed by atoms with E-state index in [2.05, 4.69) is 13.0 Å². The number of ether oxygens (including phenoxy) is 1. The van der Waals surface area contributed by atoms with Gasteiger partial charge in [-0.05, 0) is 55.2 Å². The summed E-state index contributed by atoms with van der Waals surface area (Å²) in [7, 11) is 0. The Morgan fingerprint density at radius 3 is 2.45 bits per heavy atom. The summed E-state index contributed by atoms with van der Waals surface area (Å²) < 4.78 is 19.3. The van der Waals surface area contributed by atoms with Gasteiger partial charge in [-0.2, -0.15) is 0 Å². The van der Waals surface area contributed by atoms with Gasteiger partial charge in [0.15, 0.2) is 0 Å². The largest absolute Gasteiger partial charge is 0.488 e. The topological polar surface area (TPSA) is 35.2 Å². The van der Waals surface area contributed by atoms with Gasteiger partial charge in [-0.1, -0.05) is 18.2 Å². The van der Waals surface area contributed by atoms with Crippen LogP contribution in [0.1, 0.15) is 27.8 Å². The van der Waals surface area contributed by atoms with E-state index in [9.17, 15) is 4.39 Å². The van der Waals surface area contributed by atoms with Gasteiger partial charge in [-0.25, -0.2) is 4.39 Å². The van der Waals surface area contributed by atoms with Crippen molar-refractivity contribution in [1.29, 1.82) is 0 Å². The fourth-order valence-electron chi connectivity index (χ4n) is 2.18. The van der Waals surface area contributed by atoms with Crippen LogP contribution in [0.5, 0.6) is 5.75 Å². The van der Waals surface area contributed by atoms with Crippen molar-refractivity contribution in [3.05, 3.63) is 64.0 Å². The molecule has 0 fully saturated rings. The van der Waals surface area contributed by atoms with Crippen molar-refractivity contribution >= 4 is 0 Å². The highest BCUT2D eigenvalue weighted by Gasteiger charge is 2.08. The molecule has 2 aromatic rings. The minimum Gasteiger partial charge on any atom is -0.488 e. The van der Waals surface area contributed by atoms with E-state index in [1.54, 1.807) is 12.1 Å². The summed E-state index contributed by atoms with van der Waals surface area (Å²) in [6, 6.07) is 9.07. The zero-order valence-electron chi connectivity index (χ0n) is 12.2. The number of hydrogen-bond acceptors (Lipinski definition) is 2. The third-order valence-electron chi connectivity index (χ3n) is 3.59. The van der Waals surface area contributed by atoms with Crippen molar-refractivity contribution in [2.75, 3.05) is 0 Å². The predicted molar refractivity (Wildman–Crippen MR) is 79.3 cm³/mol. The third kappa shape index (κ3) is 2.99. The molecule has 0 aliphatic carbocycles. The summed E-state index contributed by atoms with van der Waals surface area (Å²) in [6.07, 6.45) is 0. The lowest BCUT2D eigenvalue weighted by atomic mass is 10.1. The fraction of sp³-hybridized carbons (Fsp3) is 0.294. The van der Waals surface area contributed by atoms with Gasteiger partial charge in [0.05, 0.1) is 0 Å². The molecular weight excluding hydrogens is 253 g/mol. The molecule has 2 aromatic carbocycles. The van der Waals surface area contributed by atoms with Crippen LogP contribution in [0.2, 0.25) is 0 Å². The molecule has 2 N–H and O–H groups in total. The van der Waals surface area contributed by atoms with E-state index in [1.165, 1.54) is 11.6 Å². The number of hydrogen-bond donors (Lipinski definition) is 1. The van der Waals surface area contributed by atoms with Gasteiger partial charge < -0.3 is 10.5 Å². The molecule has 106 valence electrons. The second kappa shape index (κ2) is 6.06. The Morgan fingerprint density at radius 2 is 1.75 bits per heavy atom. The molecule has 2 rings (SSSR count). The Morgan fingerprint density at radius 1 is 1.05 bits per heavy atom. The first-order chi connectivity index (χ1) is 9.52. The Bertz CT molecular complexity index is 623. The van der Waals surface area contributed by atoms with Gasteiger partial charge in [-0.15, -0.1) is 0 Å². The number of benzene rings is 2. The van der Waals surface area contributed by atoms with Crippen LogP contribution < -0.4 is 10.5 Å². The zero-order chi connectivity index (χ0) is 14.7. The van der Waals surface area contributed by atoms with Crippen LogP contribution >= 0.6 is 0 Å². The Labute approximate surface area is 119 Å². The van der Waals surface area contributed by atoms with Crippen LogP contribution in [-0.4, -0.2) is 0 Å². The molecule has 0 aromatic heterocycles. The number of nitrogens with two attached hydrogens (primary N) is 1. The van der Waals surface area contributed by atoms with Crippen LogP contribution in [0.3, 0.4) is 0 Å². The van der Waals surface area contributed by atoms with Crippen LogP contribution in [0, 0.1) is 26.6 Å².